The quantitative estimate of drug-likeness (QED) is 0.426. The fourth-order valence-corrected chi connectivity index (χ4v) is 1.88. The van der Waals surface area contributed by atoms with E-state index in [-0.39, 0.29) is 5.97 Å². The van der Waals surface area contributed by atoms with E-state index >= 15 is 0 Å². The predicted molar refractivity (Wildman–Crippen MR) is 78.3 cm³/mol. The molecule has 0 amide bonds. The number of ether oxygens (including phenoxy) is 1. The van der Waals surface area contributed by atoms with E-state index in [1.54, 1.807) is 24.3 Å². The zero-order valence-electron chi connectivity index (χ0n) is 8.69. The van der Waals surface area contributed by atoms with Gasteiger partial charge in [0.25, 0.3) is 0 Å². The molecule has 0 N–H and O–H groups in total. The van der Waals surface area contributed by atoms with Gasteiger partial charge in [0.05, 0.1) is 5.56 Å². The zero-order valence-corrected chi connectivity index (χ0v) is 12.4. The third kappa shape index (κ3) is 3.54. The SMILES string of the molecule is O=C(Oc1ccc(I)cc1)c1ccc(Br)cc1. The number of esters is 1. The molecule has 2 aromatic rings. The molecule has 0 heterocycles. The van der Waals surface area contributed by atoms with Crippen molar-refractivity contribution in [3.8, 4) is 5.75 Å². The van der Waals surface area contributed by atoms with E-state index in [0.717, 1.165) is 8.04 Å². The molecule has 0 bridgehead atoms. The van der Waals surface area contributed by atoms with Crippen LogP contribution in [-0.2, 0) is 0 Å². The molecule has 0 aromatic heterocycles. The van der Waals surface area contributed by atoms with Crippen LogP contribution >= 0.6 is 38.5 Å². The Morgan fingerprint density at radius 3 is 2.18 bits per heavy atom. The third-order valence-electron chi connectivity index (χ3n) is 2.10. The highest BCUT2D eigenvalue weighted by Gasteiger charge is 2.07. The molecule has 4 heteroatoms. The Morgan fingerprint density at radius 2 is 1.59 bits per heavy atom. The van der Waals surface area contributed by atoms with Crippen molar-refractivity contribution in [3.05, 3.63) is 62.1 Å². The van der Waals surface area contributed by atoms with Crippen molar-refractivity contribution in [2.75, 3.05) is 0 Å². The van der Waals surface area contributed by atoms with Gasteiger partial charge in [-0.05, 0) is 71.1 Å². The van der Waals surface area contributed by atoms with Gasteiger partial charge in [-0.25, -0.2) is 4.79 Å². The summed E-state index contributed by atoms with van der Waals surface area (Å²) in [7, 11) is 0. The van der Waals surface area contributed by atoms with Gasteiger partial charge in [-0.2, -0.15) is 0 Å². The van der Waals surface area contributed by atoms with Crippen LogP contribution in [0.1, 0.15) is 10.4 Å². The Labute approximate surface area is 121 Å². The van der Waals surface area contributed by atoms with Gasteiger partial charge in [0.15, 0.2) is 0 Å². The van der Waals surface area contributed by atoms with Crippen molar-refractivity contribution >= 4 is 44.5 Å². The summed E-state index contributed by atoms with van der Waals surface area (Å²) < 4.78 is 7.27. The second-order valence-electron chi connectivity index (χ2n) is 3.35. The van der Waals surface area contributed by atoms with Crippen LogP contribution in [0.25, 0.3) is 0 Å². The van der Waals surface area contributed by atoms with Gasteiger partial charge in [0.1, 0.15) is 5.75 Å². The van der Waals surface area contributed by atoms with E-state index < -0.39 is 0 Å². The lowest BCUT2D eigenvalue weighted by molar-refractivity contribution is 0.0735. The molecule has 0 atom stereocenters. The number of halogens is 2. The lowest BCUT2D eigenvalue weighted by Crippen LogP contribution is -2.08. The summed E-state index contributed by atoms with van der Waals surface area (Å²) in [6, 6.07) is 14.4. The second-order valence-corrected chi connectivity index (χ2v) is 5.51. The van der Waals surface area contributed by atoms with Crippen molar-refractivity contribution in [1.82, 2.24) is 0 Å². The standard InChI is InChI=1S/C13H8BrIO2/c14-10-3-1-9(2-4-10)13(16)17-12-7-5-11(15)6-8-12/h1-8H. The van der Waals surface area contributed by atoms with E-state index in [2.05, 4.69) is 38.5 Å². The zero-order chi connectivity index (χ0) is 12.3. The molecule has 17 heavy (non-hydrogen) atoms. The van der Waals surface area contributed by atoms with Gasteiger partial charge >= 0.3 is 5.97 Å². The van der Waals surface area contributed by atoms with E-state index in [4.69, 9.17) is 4.74 Å². The lowest BCUT2D eigenvalue weighted by Gasteiger charge is -2.04. The summed E-state index contributed by atoms with van der Waals surface area (Å²) in [6.45, 7) is 0. The van der Waals surface area contributed by atoms with Gasteiger partial charge < -0.3 is 4.74 Å². The maximum absolute atomic E-state index is 11.8. The summed E-state index contributed by atoms with van der Waals surface area (Å²) in [6.07, 6.45) is 0. The summed E-state index contributed by atoms with van der Waals surface area (Å²) >= 11 is 5.52. The number of carbonyl (C=O) groups excluding carboxylic acids is 1. The molecule has 0 aliphatic heterocycles. The van der Waals surface area contributed by atoms with Crippen LogP contribution in [-0.4, -0.2) is 5.97 Å². The normalized spacial score (nSPS) is 10.0. The van der Waals surface area contributed by atoms with Crippen molar-refractivity contribution in [2.45, 2.75) is 0 Å². The number of hydrogen-bond donors (Lipinski definition) is 0. The van der Waals surface area contributed by atoms with Crippen molar-refractivity contribution in [3.63, 3.8) is 0 Å². The van der Waals surface area contributed by atoms with Gasteiger partial charge in [0.2, 0.25) is 0 Å². The van der Waals surface area contributed by atoms with Crippen LogP contribution in [0.2, 0.25) is 0 Å². The highest BCUT2D eigenvalue weighted by Crippen LogP contribution is 2.16. The molecule has 86 valence electrons. The highest BCUT2D eigenvalue weighted by molar-refractivity contribution is 14.1. The molecule has 0 fully saturated rings. The molecule has 0 unspecified atom stereocenters. The maximum atomic E-state index is 11.8. The van der Waals surface area contributed by atoms with Gasteiger partial charge in [-0.15, -0.1) is 0 Å². The first-order valence-electron chi connectivity index (χ1n) is 4.88. The fourth-order valence-electron chi connectivity index (χ4n) is 1.25. The van der Waals surface area contributed by atoms with Gasteiger partial charge in [0, 0.05) is 8.04 Å². The Bertz CT molecular complexity index is 520. The Morgan fingerprint density at radius 1 is 1.00 bits per heavy atom. The predicted octanol–water partition coefficient (Wildman–Crippen LogP) is 4.27. The molecule has 0 aliphatic rings. The summed E-state index contributed by atoms with van der Waals surface area (Å²) in [4.78, 5) is 11.8. The topological polar surface area (TPSA) is 26.3 Å². The molecular formula is C13H8BrIO2. The maximum Gasteiger partial charge on any atom is 0.343 e. The summed E-state index contributed by atoms with van der Waals surface area (Å²) in [5.74, 6) is 0.206. The molecular weight excluding hydrogens is 395 g/mol. The number of hydrogen-bond acceptors (Lipinski definition) is 2. The average molecular weight is 403 g/mol. The summed E-state index contributed by atoms with van der Waals surface area (Å²) in [5.41, 5.74) is 0.534. The molecule has 2 aromatic carbocycles. The number of carbonyl (C=O) groups is 1. The van der Waals surface area contributed by atoms with Crippen LogP contribution in [0.5, 0.6) is 5.75 Å². The third-order valence-corrected chi connectivity index (χ3v) is 3.35. The molecule has 2 rings (SSSR count). The smallest absolute Gasteiger partial charge is 0.343 e. The van der Waals surface area contributed by atoms with Crippen molar-refractivity contribution in [2.24, 2.45) is 0 Å². The minimum atomic E-state index is -0.348. The molecule has 0 spiro atoms. The van der Waals surface area contributed by atoms with Crippen LogP contribution in [0.15, 0.2) is 53.0 Å². The van der Waals surface area contributed by atoms with E-state index in [9.17, 15) is 4.79 Å². The van der Waals surface area contributed by atoms with Crippen molar-refractivity contribution in [1.29, 1.82) is 0 Å². The first kappa shape index (κ1) is 12.6. The minimum Gasteiger partial charge on any atom is -0.423 e. The highest BCUT2D eigenvalue weighted by atomic mass is 127. The first-order valence-corrected chi connectivity index (χ1v) is 6.75. The molecule has 0 radical (unpaired) electrons. The number of rotatable bonds is 2. The monoisotopic (exact) mass is 402 g/mol. The van der Waals surface area contributed by atoms with E-state index in [0.29, 0.717) is 11.3 Å². The Kier molecular flexibility index (Phi) is 4.17. The van der Waals surface area contributed by atoms with Gasteiger partial charge in [-0.3, -0.25) is 0 Å². The van der Waals surface area contributed by atoms with Crippen LogP contribution in [0.3, 0.4) is 0 Å². The second kappa shape index (κ2) is 5.64. The first-order chi connectivity index (χ1) is 8.15. The van der Waals surface area contributed by atoms with Gasteiger partial charge in [-0.1, -0.05) is 15.9 Å². The van der Waals surface area contributed by atoms with Crippen LogP contribution < -0.4 is 4.74 Å². The minimum absolute atomic E-state index is 0.348. The Hall–Kier alpha value is -0.880. The lowest BCUT2D eigenvalue weighted by atomic mass is 10.2. The number of benzene rings is 2. The van der Waals surface area contributed by atoms with Crippen LogP contribution in [0, 0.1) is 3.57 Å². The van der Waals surface area contributed by atoms with Crippen LogP contribution in [0.4, 0.5) is 0 Å². The fraction of sp³-hybridized carbons (Fsp3) is 0. The largest absolute Gasteiger partial charge is 0.423 e. The molecule has 0 saturated carbocycles. The Balaban J connectivity index is 2.11. The summed E-state index contributed by atoms with van der Waals surface area (Å²) in [5, 5.41) is 0. The van der Waals surface area contributed by atoms with Crippen molar-refractivity contribution < 1.29 is 9.53 Å². The average Bonchev–Trinajstić information content (AvgIpc) is 2.33. The molecule has 0 aliphatic carbocycles. The van der Waals surface area contributed by atoms with E-state index in [1.165, 1.54) is 0 Å². The van der Waals surface area contributed by atoms with E-state index in [1.807, 2.05) is 24.3 Å². The molecule has 2 nitrogen and oxygen atoms in total. The molecule has 0 saturated heterocycles.